The van der Waals surface area contributed by atoms with Gasteiger partial charge in [-0.25, -0.2) is 0 Å². The number of rotatable bonds is 8. The Morgan fingerprint density at radius 3 is 1.49 bits per heavy atom. The Morgan fingerprint density at radius 2 is 0.814 bits per heavy atom. The molecule has 0 aliphatic heterocycles. The molecule has 0 unspecified atom stereocenters. The molecule has 1 aliphatic rings. The lowest BCUT2D eigenvalue weighted by atomic mass is 9.68. The van der Waals surface area contributed by atoms with E-state index in [1.165, 1.54) is 55.2 Å². The second kappa shape index (κ2) is 16.0. The molecule has 0 bridgehead atoms. The highest BCUT2D eigenvalue weighted by molar-refractivity contribution is 6.10. The lowest BCUT2D eigenvalue weighted by molar-refractivity contribution is 0.670. The summed E-state index contributed by atoms with van der Waals surface area (Å²) in [6, 6.07) is 97.2. The number of aromatic nitrogens is 1. The summed E-state index contributed by atoms with van der Waals surface area (Å²) < 4.78 is 8.79. The standard InChI is InChI=1S/C67H44N2O/c1-3-16-48(17-4-1)67(49-18-5-2-6-19-49)61-26-11-7-20-55(61)60-44-53(42-43-62(60)67)68(51-38-40-52(41-39-51)69-63-27-12-8-21-56(63)57-22-9-13-28-64(57)69)50-36-34-46(35-37-50)45-30-32-47(33-31-45)54-24-15-25-59-58-23-10-14-29-65(58)70-66(54)59/h1-44H. The van der Waals surface area contributed by atoms with Crippen molar-refractivity contribution in [3.63, 3.8) is 0 Å². The number of nitrogens with zero attached hydrogens (tertiary/aromatic N) is 2. The van der Waals surface area contributed by atoms with Crippen molar-refractivity contribution in [2.24, 2.45) is 0 Å². The molecule has 11 aromatic carbocycles. The number of hydrogen-bond acceptors (Lipinski definition) is 2. The fourth-order valence-electron chi connectivity index (χ4n) is 11.6. The normalized spacial score (nSPS) is 12.7. The molecule has 0 saturated heterocycles. The van der Waals surface area contributed by atoms with Gasteiger partial charge < -0.3 is 13.9 Å². The molecular weight excluding hydrogens is 849 g/mol. The van der Waals surface area contributed by atoms with E-state index in [4.69, 9.17) is 4.42 Å². The van der Waals surface area contributed by atoms with Gasteiger partial charge in [0.1, 0.15) is 11.2 Å². The highest BCUT2D eigenvalue weighted by atomic mass is 16.3. The van der Waals surface area contributed by atoms with Crippen molar-refractivity contribution < 1.29 is 4.42 Å². The fourth-order valence-corrected chi connectivity index (χ4v) is 11.6. The summed E-state index contributed by atoms with van der Waals surface area (Å²) in [7, 11) is 0. The number of hydrogen-bond donors (Lipinski definition) is 0. The van der Waals surface area contributed by atoms with Crippen molar-refractivity contribution >= 4 is 60.8 Å². The molecule has 0 spiro atoms. The minimum absolute atomic E-state index is 0.475. The smallest absolute Gasteiger partial charge is 0.143 e. The molecule has 0 fully saturated rings. The Balaban J connectivity index is 0.892. The Hall–Kier alpha value is -9.18. The Morgan fingerprint density at radius 1 is 0.329 bits per heavy atom. The lowest BCUT2D eigenvalue weighted by Gasteiger charge is -2.34. The Bertz CT molecular complexity index is 4000. The van der Waals surface area contributed by atoms with Crippen LogP contribution in [0.1, 0.15) is 22.3 Å². The van der Waals surface area contributed by atoms with Gasteiger partial charge in [0, 0.05) is 49.9 Å². The molecule has 0 radical (unpaired) electrons. The molecule has 0 amide bonds. The van der Waals surface area contributed by atoms with Crippen LogP contribution in [0.15, 0.2) is 271 Å². The summed E-state index contributed by atoms with van der Waals surface area (Å²) in [4.78, 5) is 2.41. The first-order valence-electron chi connectivity index (χ1n) is 24.1. The predicted molar refractivity (Wildman–Crippen MR) is 291 cm³/mol. The Labute approximate surface area is 406 Å². The second-order valence-electron chi connectivity index (χ2n) is 18.4. The molecule has 14 rings (SSSR count). The third-order valence-corrected chi connectivity index (χ3v) is 14.7. The maximum absolute atomic E-state index is 6.41. The van der Waals surface area contributed by atoms with Gasteiger partial charge in [0.25, 0.3) is 0 Å². The van der Waals surface area contributed by atoms with Gasteiger partial charge in [-0.15, -0.1) is 0 Å². The highest BCUT2D eigenvalue weighted by Crippen LogP contribution is 2.57. The van der Waals surface area contributed by atoms with Crippen molar-refractivity contribution in [2.75, 3.05) is 4.90 Å². The minimum Gasteiger partial charge on any atom is -0.455 e. The molecule has 3 heteroatoms. The van der Waals surface area contributed by atoms with Crippen LogP contribution < -0.4 is 4.90 Å². The fraction of sp³-hybridized carbons (Fsp3) is 0.0149. The number of furan rings is 1. The summed E-state index contributed by atoms with van der Waals surface area (Å²) in [5.74, 6) is 0. The first kappa shape index (κ1) is 39.9. The van der Waals surface area contributed by atoms with Gasteiger partial charge >= 0.3 is 0 Å². The molecule has 0 saturated carbocycles. The van der Waals surface area contributed by atoms with E-state index < -0.39 is 5.41 Å². The second-order valence-corrected chi connectivity index (χ2v) is 18.4. The summed E-state index contributed by atoms with van der Waals surface area (Å²) in [5, 5.41) is 4.78. The van der Waals surface area contributed by atoms with Crippen LogP contribution in [0.4, 0.5) is 17.1 Å². The molecule has 2 heterocycles. The third-order valence-electron chi connectivity index (χ3n) is 14.7. The van der Waals surface area contributed by atoms with Crippen LogP contribution in [0.5, 0.6) is 0 Å². The van der Waals surface area contributed by atoms with Crippen LogP contribution in [0.3, 0.4) is 0 Å². The molecule has 1 aliphatic carbocycles. The van der Waals surface area contributed by atoms with Crippen molar-refractivity contribution in [3.8, 4) is 39.1 Å². The topological polar surface area (TPSA) is 21.3 Å². The van der Waals surface area contributed by atoms with Gasteiger partial charge in [-0.1, -0.05) is 200 Å². The van der Waals surface area contributed by atoms with Gasteiger partial charge in [0.2, 0.25) is 0 Å². The van der Waals surface area contributed by atoms with Crippen LogP contribution in [0.25, 0.3) is 82.8 Å². The minimum atomic E-state index is -0.475. The molecule has 0 atom stereocenters. The maximum Gasteiger partial charge on any atom is 0.143 e. The number of anilines is 3. The quantitative estimate of drug-likeness (QED) is 0.152. The molecular formula is C67H44N2O. The summed E-state index contributed by atoms with van der Waals surface area (Å²) >= 11 is 0. The zero-order valence-corrected chi connectivity index (χ0v) is 38.2. The van der Waals surface area contributed by atoms with Crippen molar-refractivity contribution in [1.82, 2.24) is 4.57 Å². The van der Waals surface area contributed by atoms with E-state index in [0.717, 1.165) is 66.9 Å². The molecule has 2 aromatic heterocycles. The van der Waals surface area contributed by atoms with Crippen molar-refractivity contribution in [1.29, 1.82) is 0 Å². The van der Waals surface area contributed by atoms with E-state index >= 15 is 0 Å². The van der Waals surface area contributed by atoms with Crippen LogP contribution >= 0.6 is 0 Å². The molecule has 70 heavy (non-hydrogen) atoms. The van der Waals surface area contributed by atoms with E-state index in [1.807, 2.05) is 12.1 Å². The maximum atomic E-state index is 6.41. The van der Waals surface area contributed by atoms with Crippen molar-refractivity contribution in [3.05, 3.63) is 289 Å². The number of para-hydroxylation sites is 4. The molecule has 0 N–H and O–H groups in total. The summed E-state index contributed by atoms with van der Waals surface area (Å²) in [6.45, 7) is 0. The van der Waals surface area contributed by atoms with E-state index in [2.05, 4.69) is 264 Å². The molecule has 3 nitrogen and oxygen atoms in total. The van der Waals surface area contributed by atoms with Crippen molar-refractivity contribution in [2.45, 2.75) is 5.41 Å². The molecule has 328 valence electrons. The van der Waals surface area contributed by atoms with Gasteiger partial charge in [-0.2, -0.15) is 0 Å². The van der Waals surface area contributed by atoms with E-state index in [9.17, 15) is 0 Å². The highest BCUT2D eigenvalue weighted by Gasteiger charge is 2.46. The van der Waals surface area contributed by atoms with E-state index in [1.54, 1.807) is 0 Å². The summed E-state index contributed by atoms with van der Waals surface area (Å²) in [6.07, 6.45) is 0. The van der Waals surface area contributed by atoms with Gasteiger partial charge in [0.15, 0.2) is 0 Å². The number of fused-ring (bicyclic) bond motifs is 9. The van der Waals surface area contributed by atoms with E-state index in [0.29, 0.717) is 0 Å². The first-order valence-corrected chi connectivity index (χ1v) is 24.1. The SMILES string of the molecule is c1ccc(C2(c3ccccc3)c3ccccc3-c3cc(N(c4ccc(-c5ccc(-c6cccc7c6oc6ccccc67)cc5)cc4)c4ccc(-n5c6ccccc6c6ccccc65)cc4)ccc32)cc1. The van der Waals surface area contributed by atoms with E-state index in [-0.39, 0.29) is 0 Å². The Kier molecular flexibility index (Phi) is 9.11. The lowest BCUT2D eigenvalue weighted by Crippen LogP contribution is -2.28. The van der Waals surface area contributed by atoms with Gasteiger partial charge in [0.05, 0.1) is 16.4 Å². The summed E-state index contributed by atoms with van der Waals surface area (Å²) in [5.41, 5.74) is 20.2. The average molecular weight is 893 g/mol. The largest absolute Gasteiger partial charge is 0.455 e. The van der Waals surface area contributed by atoms with Crippen LogP contribution in [-0.4, -0.2) is 4.57 Å². The van der Waals surface area contributed by atoms with Crippen LogP contribution in [-0.2, 0) is 5.41 Å². The zero-order chi connectivity index (χ0) is 46.2. The zero-order valence-electron chi connectivity index (χ0n) is 38.2. The van der Waals surface area contributed by atoms with Gasteiger partial charge in [-0.3, -0.25) is 0 Å². The first-order chi connectivity index (χ1) is 34.7. The average Bonchev–Trinajstić information content (AvgIpc) is 4.09. The number of benzene rings is 11. The van der Waals surface area contributed by atoms with Crippen LogP contribution in [0.2, 0.25) is 0 Å². The molecule has 13 aromatic rings. The van der Waals surface area contributed by atoms with Gasteiger partial charge in [-0.05, 0) is 117 Å². The monoisotopic (exact) mass is 892 g/mol. The predicted octanol–water partition coefficient (Wildman–Crippen LogP) is 17.8. The third kappa shape index (κ3) is 6.08. The van der Waals surface area contributed by atoms with Crippen LogP contribution in [0, 0.1) is 0 Å².